The third-order valence-corrected chi connectivity index (χ3v) is 17.5. The highest BCUT2D eigenvalue weighted by molar-refractivity contribution is 7.95. The van der Waals surface area contributed by atoms with Gasteiger partial charge in [-0.2, -0.15) is 0 Å². The molecule has 0 fully saturated rings. The van der Waals surface area contributed by atoms with Gasteiger partial charge in [-0.1, -0.05) is 26.0 Å². The number of fused-ring (bicyclic) bond motifs is 2. The number of hydrogen-bond donors (Lipinski definition) is 4. The quantitative estimate of drug-likeness (QED) is 0.0936. The highest BCUT2D eigenvalue weighted by Crippen LogP contribution is 2.35. The molecule has 2 amide bonds. The molecule has 0 radical (unpaired) electrons. The molecule has 0 unspecified atom stereocenters. The number of pyridine rings is 2. The molecule has 4 N–H and O–H groups in total. The fourth-order valence-corrected chi connectivity index (χ4v) is 12.8. The SMILES string of the molecule is CNC(=O)[C@@H](C)Cn1cnc2ccc(-c3cnc(OC)c(NS(=O)(=O)c4sc(C)nc4C)c3)cc2c1=O.CNC(=O)[C@H](C)Cn1cnc2ccc(-c3cnc(OC)c(NS(=O)(=O)c4sc(C)nc4C)c3)cc2c1=O. The Balaban J connectivity index is 0.000000216. The van der Waals surface area contributed by atoms with E-state index in [1.54, 1.807) is 104 Å². The number of ether oxygens (including phenoxy) is 2. The van der Waals surface area contributed by atoms with Gasteiger partial charge in [-0.3, -0.25) is 37.8 Å². The number of thiazole rings is 2. The Bertz CT molecular complexity index is 3570. The van der Waals surface area contributed by atoms with Crippen molar-refractivity contribution in [3.63, 3.8) is 0 Å². The van der Waals surface area contributed by atoms with Crippen LogP contribution in [0.1, 0.15) is 35.3 Å². The summed E-state index contributed by atoms with van der Waals surface area (Å²) in [6, 6.07) is 13.5. The first-order valence-corrected chi connectivity index (χ1v) is 27.1. The van der Waals surface area contributed by atoms with Crippen LogP contribution in [0.4, 0.5) is 11.4 Å². The molecular formula is C48H52N12O10S4. The third kappa shape index (κ3) is 11.7. The number of carbonyl (C=O) groups is 2. The molecule has 6 heterocycles. The van der Waals surface area contributed by atoms with E-state index in [0.29, 0.717) is 65.5 Å². The van der Waals surface area contributed by atoms with Crippen molar-refractivity contribution in [2.45, 2.75) is 63.1 Å². The van der Waals surface area contributed by atoms with Gasteiger partial charge in [0.15, 0.2) is 8.42 Å². The number of nitrogens with zero attached hydrogens (tertiary/aromatic N) is 8. The first-order valence-electron chi connectivity index (χ1n) is 22.5. The van der Waals surface area contributed by atoms with Gasteiger partial charge in [0.05, 0.1) is 81.9 Å². The van der Waals surface area contributed by atoms with E-state index < -0.39 is 31.9 Å². The summed E-state index contributed by atoms with van der Waals surface area (Å²) in [6.07, 6.45) is 5.91. The van der Waals surface area contributed by atoms with Crippen molar-refractivity contribution in [2.75, 3.05) is 37.8 Å². The summed E-state index contributed by atoms with van der Waals surface area (Å²) in [5.41, 5.74) is 3.89. The van der Waals surface area contributed by atoms with Gasteiger partial charge in [-0.05, 0) is 75.2 Å². The van der Waals surface area contributed by atoms with Gasteiger partial charge >= 0.3 is 0 Å². The van der Waals surface area contributed by atoms with Crippen molar-refractivity contribution in [1.82, 2.24) is 49.7 Å². The van der Waals surface area contributed by atoms with Crippen molar-refractivity contribution in [2.24, 2.45) is 11.8 Å². The summed E-state index contributed by atoms with van der Waals surface area (Å²) >= 11 is 2.15. The molecule has 2 atom stereocenters. The summed E-state index contributed by atoms with van der Waals surface area (Å²) in [6.45, 7) is 10.6. The summed E-state index contributed by atoms with van der Waals surface area (Å²) in [7, 11) is -1.99. The van der Waals surface area contributed by atoms with Crippen molar-refractivity contribution in [3.8, 4) is 34.0 Å². The fourth-order valence-electron chi connectivity index (χ4n) is 7.78. The number of methoxy groups -OCH3 is 2. The number of nitrogens with one attached hydrogen (secondary N) is 4. The fraction of sp³-hybridized carbons (Fsp3) is 0.292. The molecule has 388 valence electrons. The molecule has 0 spiro atoms. The van der Waals surface area contributed by atoms with Gasteiger partial charge in [-0.25, -0.2) is 46.7 Å². The first-order chi connectivity index (χ1) is 35.1. The minimum Gasteiger partial charge on any atom is -0.480 e. The highest BCUT2D eigenvalue weighted by atomic mass is 32.3. The van der Waals surface area contributed by atoms with Crippen LogP contribution in [-0.2, 0) is 42.7 Å². The van der Waals surface area contributed by atoms with E-state index in [-0.39, 0.29) is 67.6 Å². The summed E-state index contributed by atoms with van der Waals surface area (Å²) in [5.74, 6) is -0.999. The van der Waals surface area contributed by atoms with E-state index >= 15 is 0 Å². The molecule has 0 bridgehead atoms. The van der Waals surface area contributed by atoms with Crippen LogP contribution in [0.2, 0.25) is 0 Å². The zero-order valence-electron chi connectivity index (χ0n) is 41.8. The van der Waals surface area contributed by atoms with E-state index in [0.717, 1.165) is 22.7 Å². The maximum Gasteiger partial charge on any atom is 0.273 e. The van der Waals surface area contributed by atoms with E-state index in [1.807, 2.05) is 0 Å². The van der Waals surface area contributed by atoms with Gasteiger partial charge in [-0.15, -0.1) is 22.7 Å². The normalized spacial score (nSPS) is 12.4. The van der Waals surface area contributed by atoms with Crippen LogP contribution in [0.15, 0.2) is 91.6 Å². The molecule has 0 aliphatic heterocycles. The smallest absolute Gasteiger partial charge is 0.273 e. The number of amides is 2. The Kier molecular flexibility index (Phi) is 16.2. The van der Waals surface area contributed by atoms with Crippen LogP contribution >= 0.6 is 22.7 Å². The van der Waals surface area contributed by atoms with E-state index in [9.17, 15) is 36.0 Å². The molecule has 0 aliphatic rings. The minimum atomic E-state index is -3.93. The molecule has 8 rings (SSSR count). The van der Waals surface area contributed by atoms with Gasteiger partial charge < -0.3 is 20.1 Å². The molecule has 8 aromatic rings. The van der Waals surface area contributed by atoms with Crippen LogP contribution in [0, 0.1) is 39.5 Å². The average molecular weight is 1090 g/mol. The molecular weight excluding hydrogens is 1030 g/mol. The zero-order chi connectivity index (χ0) is 53.8. The lowest BCUT2D eigenvalue weighted by Crippen LogP contribution is -2.32. The lowest BCUT2D eigenvalue weighted by molar-refractivity contribution is -0.125. The Labute approximate surface area is 433 Å². The number of rotatable bonds is 16. The summed E-state index contributed by atoms with van der Waals surface area (Å²) < 4.78 is 70.9. The number of benzene rings is 2. The van der Waals surface area contributed by atoms with Crippen LogP contribution in [0.5, 0.6) is 11.8 Å². The minimum absolute atomic E-state index is 0.0965. The molecule has 6 aromatic heterocycles. The maximum atomic E-state index is 13.2. The molecule has 0 saturated carbocycles. The second-order valence-electron chi connectivity index (χ2n) is 16.9. The zero-order valence-corrected chi connectivity index (χ0v) is 45.1. The molecule has 0 aliphatic carbocycles. The summed E-state index contributed by atoms with van der Waals surface area (Å²) in [4.78, 5) is 75.8. The van der Waals surface area contributed by atoms with Crippen LogP contribution < -0.4 is 40.7 Å². The van der Waals surface area contributed by atoms with Gasteiger partial charge in [0.25, 0.3) is 31.2 Å². The molecule has 26 heteroatoms. The first kappa shape index (κ1) is 54.1. The largest absolute Gasteiger partial charge is 0.480 e. The monoisotopic (exact) mass is 1080 g/mol. The van der Waals surface area contributed by atoms with E-state index in [2.05, 4.69) is 50.0 Å². The van der Waals surface area contributed by atoms with E-state index in [4.69, 9.17) is 9.47 Å². The van der Waals surface area contributed by atoms with Crippen LogP contribution in [0.3, 0.4) is 0 Å². The summed E-state index contributed by atoms with van der Waals surface area (Å²) in [5, 5.41) is 7.14. The van der Waals surface area contributed by atoms with Gasteiger partial charge in [0.1, 0.15) is 11.4 Å². The van der Waals surface area contributed by atoms with Crippen LogP contribution in [-0.4, -0.2) is 96.0 Å². The lowest BCUT2D eigenvalue weighted by Gasteiger charge is -2.13. The Morgan fingerprint density at radius 2 is 0.973 bits per heavy atom. The number of hydrogen-bond acceptors (Lipinski definition) is 18. The predicted molar refractivity (Wildman–Crippen MR) is 283 cm³/mol. The number of anilines is 2. The molecule has 2 aromatic carbocycles. The highest BCUT2D eigenvalue weighted by Gasteiger charge is 2.26. The van der Waals surface area contributed by atoms with Crippen molar-refractivity contribution in [3.05, 3.63) is 116 Å². The Morgan fingerprint density at radius 3 is 1.30 bits per heavy atom. The lowest BCUT2D eigenvalue weighted by atomic mass is 10.0. The standard InChI is InChI=1S/2C24H26N6O5S2/c2*1-13(21(31)25-4)11-30-12-27-19-7-6-16(8-18(19)23(30)32)17-9-20(22(35-5)26-10-17)29-37(33,34)24-14(2)28-15(3)36-24/h2*6-10,12-13,29H,11H2,1-5H3,(H,25,31)/t2*13-/m10/s1. The molecule has 0 saturated heterocycles. The number of sulfonamides is 2. The third-order valence-electron chi connectivity index (χ3n) is 11.4. The van der Waals surface area contributed by atoms with Crippen LogP contribution in [0.25, 0.3) is 44.1 Å². The Morgan fingerprint density at radius 1 is 0.595 bits per heavy atom. The average Bonchev–Trinajstić information content (AvgIpc) is 3.93. The number of aromatic nitrogens is 8. The number of carbonyl (C=O) groups excluding carboxylic acids is 2. The Hall–Kier alpha value is -7.68. The van der Waals surface area contributed by atoms with Gasteiger partial charge in [0, 0.05) is 50.7 Å². The van der Waals surface area contributed by atoms with Crippen molar-refractivity contribution >= 4 is 87.7 Å². The molecule has 22 nitrogen and oxygen atoms in total. The second-order valence-corrected chi connectivity index (χ2v) is 23.0. The van der Waals surface area contributed by atoms with Crippen molar-refractivity contribution < 1.29 is 35.9 Å². The maximum absolute atomic E-state index is 13.2. The molecule has 74 heavy (non-hydrogen) atoms. The number of aryl methyl sites for hydroxylation is 4. The second kappa shape index (κ2) is 22.2. The van der Waals surface area contributed by atoms with Crippen molar-refractivity contribution in [1.29, 1.82) is 0 Å². The topological polar surface area (TPSA) is 290 Å². The van der Waals surface area contributed by atoms with E-state index in [1.165, 1.54) is 48.4 Å². The van der Waals surface area contributed by atoms with Gasteiger partial charge in [0.2, 0.25) is 23.6 Å². The predicted octanol–water partition coefficient (Wildman–Crippen LogP) is 5.45.